The van der Waals surface area contributed by atoms with Crippen molar-refractivity contribution < 1.29 is 9.72 Å². The van der Waals surface area contributed by atoms with Gasteiger partial charge in [0.1, 0.15) is 6.33 Å². The molecule has 0 aliphatic carbocycles. The van der Waals surface area contributed by atoms with Crippen LogP contribution in [0.2, 0.25) is 0 Å². The van der Waals surface area contributed by atoms with Gasteiger partial charge in [-0.25, -0.2) is 10.4 Å². The number of nitrogens with zero attached hydrogens (tertiary/aromatic N) is 5. The molecule has 0 atom stereocenters. The predicted octanol–water partition coefficient (Wildman–Crippen LogP) is 2.02. The van der Waals surface area contributed by atoms with Crippen molar-refractivity contribution in [2.45, 2.75) is 10.1 Å². The third-order valence-electron chi connectivity index (χ3n) is 3.10. The fourth-order valence-corrected chi connectivity index (χ4v) is 2.71. The molecule has 11 heteroatoms. The van der Waals surface area contributed by atoms with Crippen LogP contribution in [0.1, 0.15) is 15.9 Å². The molecule has 3 aromatic rings. The molecule has 0 aliphatic rings. The van der Waals surface area contributed by atoms with Crippen LogP contribution in [0.25, 0.3) is 0 Å². The third-order valence-corrected chi connectivity index (χ3v) is 4.06. The monoisotopic (exact) mass is 369 g/mol. The maximum absolute atomic E-state index is 11.9. The number of nitro groups is 1. The van der Waals surface area contributed by atoms with Crippen LogP contribution >= 0.6 is 11.8 Å². The molecule has 0 saturated heterocycles. The number of benzene rings is 1. The third kappa shape index (κ3) is 4.27. The van der Waals surface area contributed by atoms with E-state index in [1.165, 1.54) is 31.0 Å². The summed E-state index contributed by atoms with van der Waals surface area (Å²) in [5, 5.41) is 21.9. The van der Waals surface area contributed by atoms with Gasteiger partial charge in [0.05, 0.1) is 16.0 Å². The van der Waals surface area contributed by atoms with Crippen molar-refractivity contribution in [2.24, 2.45) is 5.10 Å². The standard InChI is InChI=1S/C15H11N7O3S/c23-14(11-3-5-16-6-4-11)20-18-8-10-1-2-13(12(7-10)22(24)25)26-15-17-9-19-21-15/h1-9H,(H,20,23)(H,17,19,21). The van der Waals surface area contributed by atoms with E-state index in [9.17, 15) is 14.9 Å². The van der Waals surface area contributed by atoms with Gasteiger partial charge in [-0.2, -0.15) is 10.2 Å². The van der Waals surface area contributed by atoms with Gasteiger partial charge in [-0.1, -0.05) is 6.07 Å². The summed E-state index contributed by atoms with van der Waals surface area (Å²) in [6, 6.07) is 7.68. The van der Waals surface area contributed by atoms with E-state index in [-0.39, 0.29) is 5.69 Å². The summed E-state index contributed by atoms with van der Waals surface area (Å²) in [5.41, 5.74) is 3.12. The highest BCUT2D eigenvalue weighted by Crippen LogP contribution is 2.33. The normalized spacial score (nSPS) is 10.8. The lowest BCUT2D eigenvalue weighted by atomic mass is 10.2. The van der Waals surface area contributed by atoms with E-state index in [4.69, 9.17) is 0 Å². The molecule has 1 aromatic carbocycles. The Hall–Kier alpha value is -3.60. The number of rotatable bonds is 6. The van der Waals surface area contributed by atoms with Crippen LogP contribution in [0.15, 0.2) is 64.2 Å². The van der Waals surface area contributed by atoms with Gasteiger partial charge in [-0.15, -0.1) is 0 Å². The van der Waals surface area contributed by atoms with Crippen molar-refractivity contribution in [3.05, 3.63) is 70.3 Å². The van der Waals surface area contributed by atoms with E-state index in [1.807, 2.05) is 0 Å². The first-order valence-corrected chi connectivity index (χ1v) is 8.00. The summed E-state index contributed by atoms with van der Waals surface area (Å²) in [6.07, 6.45) is 5.63. The lowest BCUT2D eigenvalue weighted by Crippen LogP contribution is -2.17. The number of pyridine rings is 1. The first-order valence-electron chi connectivity index (χ1n) is 7.18. The van der Waals surface area contributed by atoms with E-state index < -0.39 is 10.8 Å². The van der Waals surface area contributed by atoms with Gasteiger partial charge in [0, 0.05) is 29.6 Å². The summed E-state index contributed by atoms with van der Waals surface area (Å²) >= 11 is 1.09. The highest BCUT2D eigenvalue weighted by atomic mass is 32.2. The Bertz CT molecular complexity index is 945. The number of nitrogens with one attached hydrogen (secondary N) is 2. The van der Waals surface area contributed by atoms with Gasteiger partial charge in [0.25, 0.3) is 11.6 Å². The van der Waals surface area contributed by atoms with Crippen molar-refractivity contribution in [3.63, 3.8) is 0 Å². The van der Waals surface area contributed by atoms with Gasteiger partial charge in [0.2, 0.25) is 0 Å². The summed E-state index contributed by atoms with van der Waals surface area (Å²) in [5.74, 6) is -0.407. The van der Waals surface area contributed by atoms with Crippen LogP contribution < -0.4 is 5.43 Å². The predicted molar refractivity (Wildman–Crippen MR) is 92.9 cm³/mol. The minimum Gasteiger partial charge on any atom is -0.267 e. The van der Waals surface area contributed by atoms with E-state index in [2.05, 4.69) is 30.7 Å². The Morgan fingerprint density at radius 2 is 2.12 bits per heavy atom. The molecule has 3 rings (SSSR count). The Morgan fingerprint density at radius 3 is 2.81 bits per heavy atom. The van der Waals surface area contributed by atoms with Crippen LogP contribution in [-0.2, 0) is 0 Å². The van der Waals surface area contributed by atoms with Crippen LogP contribution in [0, 0.1) is 10.1 Å². The molecule has 130 valence electrons. The fourth-order valence-electron chi connectivity index (χ4n) is 1.92. The Morgan fingerprint density at radius 1 is 1.31 bits per heavy atom. The summed E-state index contributed by atoms with van der Waals surface area (Å²) in [6.45, 7) is 0. The van der Waals surface area contributed by atoms with Gasteiger partial charge in [0.15, 0.2) is 5.16 Å². The number of carbonyl (C=O) groups excluding carboxylic acids is 1. The quantitative estimate of drug-likeness (QED) is 0.385. The maximum Gasteiger partial charge on any atom is 0.283 e. The first-order chi connectivity index (χ1) is 12.6. The minimum absolute atomic E-state index is 0.101. The number of hydrogen-bond donors (Lipinski definition) is 2. The first kappa shape index (κ1) is 17.2. The lowest BCUT2D eigenvalue weighted by molar-refractivity contribution is -0.387. The number of nitro benzene ring substituents is 1. The van der Waals surface area contributed by atoms with Gasteiger partial charge in [-0.3, -0.25) is 25.0 Å². The molecular weight excluding hydrogens is 358 g/mol. The van der Waals surface area contributed by atoms with E-state index in [0.717, 1.165) is 11.8 Å². The summed E-state index contributed by atoms with van der Waals surface area (Å²) < 4.78 is 0. The molecule has 0 bridgehead atoms. The van der Waals surface area contributed by atoms with Gasteiger partial charge in [-0.05, 0) is 30.0 Å². The zero-order valence-corrected chi connectivity index (χ0v) is 13.9. The smallest absolute Gasteiger partial charge is 0.267 e. The largest absolute Gasteiger partial charge is 0.283 e. The molecule has 0 fully saturated rings. The number of hydrogen-bond acceptors (Lipinski definition) is 8. The second-order valence-electron chi connectivity index (χ2n) is 4.81. The average molecular weight is 369 g/mol. The molecule has 0 unspecified atom stereocenters. The molecule has 26 heavy (non-hydrogen) atoms. The van der Waals surface area contributed by atoms with Crippen LogP contribution in [-0.4, -0.2) is 37.2 Å². The number of H-pyrrole nitrogens is 1. The fraction of sp³-hybridized carbons (Fsp3) is 0. The Labute approximate surface area is 150 Å². The summed E-state index contributed by atoms with van der Waals surface area (Å²) in [4.78, 5) is 30.8. The Balaban J connectivity index is 1.73. The van der Waals surface area contributed by atoms with Crippen LogP contribution in [0.4, 0.5) is 5.69 Å². The van der Waals surface area contributed by atoms with Crippen molar-refractivity contribution in [2.75, 3.05) is 0 Å². The molecule has 10 nitrogen and oxygen atoms in total. The molecule has 1 amide bonds. The molecule has 0 radical (unpaired) electrons. The average Bonchev–Trinajstić information content (AvgIpc) is 3.16. The van der Waals surface area contributed by atoms with Crippen LogP contribution in [0.3, 0.4) is 0 Å². The number of carbonyl (C=O) groups is 1. The molecule has 2 N–H and O–H groups in total. The number of aromatic nitrogens is 4. The second-order valence-corrected chi connectivity index (χ2v) is 5.84. The molecule has 2 aromatic heterocycles. The van der Waals surface area contributed by atoms with Crippen LogP contribution in [0.5, 0.6) is 0 Å². The number of hydrazone groups is 1. The van der Waals surface area contributed by atoms with Crippen molar-refractivity contribution in [3.8, 4) is 0 Å². The zero-order chi connectivity index (χ0) is 18.4. The second kappa shape index (κ2) is 7.98. The molecule has 0 spiro atoms. The SMILES string of the molecule is O=C(NN=Cc1ccc(Sc2ncn[nH]2)c([N+](=O)[O-])c1)c1ccncc1. The zero-order valence-electron chi connectivity index (χ0n) is 13.1. The Kier molecular flexibility index (Phi) is 5.29. The van der Waals surface area contributed by atoms with E-state index in [0.29, 0.717) is 21.2 Å². The lowest BCUT2D eigenvalue weighted by Gasteiger charge is -2.02. The number of amides is 1. The molecule has 0 saturated carbocycles. The molecular formula is C15H11N7O3S. The van der Waals surface area contributed by atoms with Crippen molar-refractivity contribution >= 4 is 29.6 Å². The number of aromatic amines is 1. The highest BCUT2D eigenvalue weighted by Gasteiger charge is 2.16. The molecule has 2 heterocycles. The van der Waals surface area contributed by atoms with Crippen molar-refractivity contribution in [1.82, 2.24) is 25.6 Å². The topological polar surface area (TPSA) is 139 Å². The summed E-state index contributed by atoms with van der Waals surface area (Å²) in [7, 11) is 0. The van der Waals surface area contributed by atoms with Crippen molar-refractivity contribution in [1.29, 1.82) is 0 Å². The molecule has 0 aliphatic heterocycles. The van der Waals surface area contributed by atoms with Gasteiger partial charge >= 0.3 is 0 Å². The van der Waals surface area contributed by atoms with E-state index >= 15 is 0 Å². The maximum atomic E-state index is 11.9. The van der Waals surface area contributed by atoms with E-state index in [1.54, 1.807) is 24.3 Å². The minimum atomic E-state index is -0.494. The van der Waals surface area contributed by atoms with Gasteiger partial charge < -0.3 is 0 Å². The highest BCUT2D eigenvalue weighted by molar-refractivity contribution is 7.99.